The molecule has 1 aliphatic rings. The molecule has 3 aromatic rings. The van der Waals surface area contributed by atoms with Crippen LogP contribution in [0.3, 0.4) is 0 Å². The largest absolute Gasteiger partial charge is 0.473 e. The molecule has 0 radical (unpaired) electrons. The summed E-state index contributed by atoms with van der Waals surface area (Å²) in [6.45, 7) is 2.60. The molecule has 0 atom stereocenters. The van der Waals surface area contributed by atoms with E-state index >= 15 is 0 Å². The third kappa shape index (κ3) is 4.92. The molecule has 0 N–H and O–H groups in total. The van der Waals surface area contributed by atoms with Crippen LogP contribution in [-0.4, -0.2) is 17.6 Å². The first-order chi connectivity index (χ1) is 15.2. The number of aromatic nitrogens is 1. The van der Waals surface area contributed by atoms with Crippen molar-refractivity contribution < 1.29 is 14.3 Å². The maximum absolute atomic E-state index is 12.1. The second kappa shape index (κ2) is 9.44. The molecule has 5 heteroatoms. The molecule has 0 saturated heterocycles. The Kier molecular flexibility index (Phi) is 6.28. The van der Waals surface area contributed by atoms with Gasteiger partial charge in [-0.1, -0.05) is 24.3 Å². The van der Waals surface area contributed by atoms with E-state index in [0.29, 0.717) is 24.7 Å². The number of nitriles is 1. The van der Waals surface area contributed by atoms with Gasteiger partial charge in [-0.3, -0.25) is 4.79 Å². The van der Waals surface area contributed by atoms with Gasteiger partial charge in [-0.15, -0.1) is 0 Å². The Labute approximate surface area is 182 Å². The molecule has 2 aromatic carbocycles. The Balaban J connectivity index is 1.73. The van der Waals surface area contributed by atoms with Crippen molar-refractivity contribution in [3.63, 3.8) is 0 Å². The topological polar surface area (TPSA) is 72.2 Å². The number of rotatable bonds is 3. The molecule has 1 aliphatic heterocycles. The first-order valence-corrected chi connectivity index (χ1v) is 10.6. The number of esters is 1. The Bertz CT molecular complexity index is 1150. The predicted molar refractivity (Wildman–Crippen MR) is 118 cm³/mol. The van der Waals surface area contributed by atoms with Crippen LogP contribution in [0.4, 0.5) is 0 Å². The molecule has 0 unspecified atom stereocenters. The Hall–Kier alpha value is -3.65. The fourth-order valence-corrected chi connectivity index (χ4v) is 3.90. The van der Waals surface area contributed by atoms with Gasteiger partial charge in [0.2, 0.25) is 5.88 Å². The summed E-state index contributed by atoms with van der Waals surface area (Å²) in [4.78, 5) is 16.8. The fourth-order valence-electron chi connectivity index (χ4n) is 3.90. The lowest BCUT2D eigenvalue weighted by Gasteiger charge is -2.12. The lowest BCUT2D eigenvalue weighted by atomic mass is 9.94. The summed E-state index contributed by atoms with van der Waals surface area (Å²) < 4.78 is 11.1. The summed E-state index contributed by atoms with van der Waals surface area (Å²) in [5.41, 5.74) is 6.75. The zero-order chi connectivity index (χ0) is 21.6. The number of hydrogen-bond acceptors (Lipinski definition) is 5. The number of hydrogen-bond donors (Lipinski definition) is 0. The third-order valence-corrected chi connectivity index (χ3v) is 5.47. The lowest BCUT2D eigenvalue weighted by Crippen LogP contribution is -2.09. The summed E-state index contributed by atoms with van der Waals surface area (Å²) >= 11 is 0. The second-order valence-corrected chi connectivity index (χ2v) is 7.56. The molecule has 31 heavy (non-hydrogen) atoms. The number of carbonyl (C=O) groups is 1. The number of aryl methyl sites for hydroxylation is 2. The van der Waals surface area contributed by atoms with Crippen LogP contribution in [0.2, 0.25) is 0 Å². The number of benzene rings is 2. The van der Waals surface area contributed by atoms with E-state index in [4.69, 9.17) is 9.47 Å². The van der Waals surface area contributed by atoms with Crippen LogP contribution in [0.1, 0.15) is 41.2 Å². The second-order valence-electron chi connectivity index (χ2n) is 7.56. The van der Waals surface area contributed by atoms with Crippen molar-refractivity contribution in [2.45, 2.75) is 39.2 Å². The molecule has 4 rings (SSSR count). The van der Waals surface area contributed by atoms with Gasteiger partial charge in [-0.25, -0.2) is 4.98 Å². The number of fused-ring (bicyclic) bond motifs is 6. The van der Waals surface area contributed by atoms with Crippen LogP contribution < -0.4 is 4.74 Å². The van der Waals surface area contributed by atoms with Crippen molar-refractivity contribution in [1.82, 2.24) is 4.98 Å². The molecule has 156 valence electrons. The molecule has 2 heterocycles. The Morgan fingerprint density at radius 1 is 1.10 bits per heavy atom. The number of nitrogens with zero attached hydrogens (tertiary/aromatic N) is 2. The van der Waals surface area contributed by atoms with Crippen molar-refractivity contribution in [2.24, 2.45) is 0 Å². The van der Waals surface area contributed by atoms with E-state index in [9.17, 15) is 10.1 Å². The van der Waals surface area contributed by atoms with E-state index in [1.54, 1.807) is 0 Å². The minimum atomic E-state index is -0.216. The first-order valence-electron chi connectivity index (χ1n) is 10.6. The highest BCUT2D eigenvalue weighted by molar-refractivity contribution is 5.74. The van der Waals surface area contributed by atoms with Gasteiger partial charge in [-0.05, 0) is 72.7 Å². The average Bonchev–Trinajstić information content (AvgIpc) is 2.79. The van der Waals surface area contributed by atoms with E-state index < -0.39 is 0 Å². The molecule has 0 spiro atoms. The van der Waals surface area contributed by atoms with Gasteiger partial charge in [-0.2, -0.15) is 5.26 Å². The number of carbonyl (C=O) groups excluding carboxylic acids is 1. The first kappa shape index (κ1) is 20.6. The van der Waals surface area contributed by atoms with E-state index in [0.717, 1.165) is 52.8 Å². The lowest BCUT2D eigenvalue weighted by molar-refractivity contribution is -0.142. The minimum Gasteiger partial charge on any atom is -0.473 e. The smallest absolute Gasteiger partial charge is 0.310 e. The van der Waals surface area contributed by atoms with Crippen LogP contribution >= 0.6 is 0 Å². The van der Waals surface area contributed by atoms with E-state index in [2.05, 4.69) is 17.1 Å². The molecule has 1 aromatic heterocycles. The zero-order valence-electron chi connectivity index (χ0n) is 17.6. The number of ether oxygens (including phenoxy) is 2. The molecule has 5 nitrogen and oxygen atoms in total. The number of pyridine rings is 1. The standard InChI is InChI=1S/C26H24N2O3/c1-2-30-26(29)15-21-11-12-22-14-20(21)6-3-5-19-13-18(16-27)9-10-23(19)17-31-25-8-4-7-24(22)28-25/h4,7-14H,2-3,5-6,15,17H2,1H3. The average molecular weight is 412 g/mol. The molecule has 0 aliphatic carbocycles. The van der Waals surface area contributed by atoms with Crippen LogP contribution in [0.25, 0.3) is 11.3 Å². The van der Waals surface area contributed by atoms with Crippen LogP contribution in [0, 0.1) is 11.3 Å². The Morgan fingerprint density at radius 3 is 2.81 bits per heavy atom. The van der Waals surface area contributed by atoms with Crippen molar-refractivity contribution in [2.75, 3.05) is 6.61 Å². The van der Waals surface area contributed by atoms with Gasteiger partial charge in [0, 0.05) is 11.6 Å². The van der Waals surface area contributed by atoms with Gasteiger partial charge < -0.3 is 9.47 Å². The highest BCUT2D eigenvalue weighted by Gasteiger charge is 2.14. The van der Waals surface area contributed by atoms with Gasteiger partial charge >= 0.3 is 5.97 Å². The van der Waals surface area contributed by atoms with E-state index in [1.165, 1.54) is 0 Å². The summed E-state index contributed by atoms with van der Waals surface area (Å²) in [6.07, 6.45) is 2.79. The highest BCUT2D eigenvalue weighted by Crippen LogP contribution is 2.26. The predicted octanol–water partition coefficient (Wildman–Crippen LogP) is 4.79. The molecule has 0 amide bonds. The zero-order valence-corrected chi connectivity index (χ0v) is 17.6. The van der Waals surface area contributed by atoms with Crippen LogP contribution in [0.15, 0.2) is 54.6 Å². The molecule has 0 fully saturated rings. The quantitative estimate of drug-likeness (QED) is 0.578. The summed E-state index contributed by atoms with van der Waals surface area (Å²) in [6, 6.07) is 19.8. The van der Waals surface area contributed by atoms with Crippen molar-refractivity contribution in [3.05, 3.63) is 82.4 Å². The van der Waals surface area contributed by atoms with Gasteiger partial charge in [0.1, 0.15) is 6.61 Å². The summed E-state index contributed by atoms with van der Waals surface area (Å²) in [7, 11) is 0. The highest BCUT2D eigenvalue weighted by atomic mass is 16.5. The van der Waals surface area contributed by atoms with Crippen molar-refractivity contribution in [1.29, 1.82) is 5.26 Å². The van der Waals surface area contributed by atoms with Crippen molar-refractivity contribution in [3.8, 4) is 23.2 Å². The van der Waals surface area contributed by atoms with Crippen molar-refractivity contribution >= 4 is 5.97 Å². The third-order valence-electron chi connectivity index (χ3n) is 5.47. The maximum atomic E-state index is 12.1. The molecular weight excluding hydrogens is 388 g/mol. The monoisotopic (exact) mass is 412 g/mol. The van der Waals surface area contributed by atoms with Gasteiger partial charge in [0.25, 0.3) is 0 Å². The Morgan fingerprint density at radius 2 is 1.97 bits per heavy atom. The fraction of sp³-hybridized carbons (Fsp3) is 0.269. The molecule has 4 bridgehead atoms. The molecular formula is C26H24N2O3. The van der Waals surface area contributed by atoms with E-state index in [-0.39, 0.29) is 12.4 Å². The van der Waals surface area contributed by atoms with E-state index in [1.807, 2.05) is 55.5 Å². The normalized spacial score (nSPS) is 12.8. The van der Waals surface area contributed by atoms with Crippen LogP contribution in [0.5, 0.6) is 5.88 Å². The minimum absolute atomic E-state index is 0.216. The maximum Gasteiger partial charge on any atom is 0.310 e. The van der Waals surface area contributed by atoms with Gasteiger partial charge in [0.05, 0.1) is 30.4 Å². The van der Waals surface area contributed by atoms with Gasteiger partial charge in [0.15, 0.2) is 0 Å². The molecule has 0 saturated carbocycles. The summed E-state index contributed by atoms with van der Waals surface area (Å²) in [5.74, 6) is 0.344. The SMILES string of the molecule is CCOC(=O)Cc1ccc2cc1CCCc1cc(C#N)ccc1COc1cccc-2n1. The summed E-state index contributed by atoms with van der Waals surface area (Å²) in [5, 5.41) is 9.30. The van der Waals surface area contributed by atoms with Crippen LogP contribution in [-0.2, 0) is 35.4 Å².